The second kappa shape index (κ2) is 9.33. The number of anilines is 2. The van der Waals surface area contributed by atoms with Gasteiger partial charge in [0, 0.05) is 18.2 Å². The molecule has 0 spiro atoms. The van der Waals surface area contributed by atoms with Gasteiger partial charge >= 0.3 is 12.0 Å². The van der Waals surface area contributed by atoms with Gasteiger partial charge < -0.3 is 21.5 Å². The van der Waals surface area contributed by atoms with Gasteiger partial charge in [0.15, 0.2) is 0 Å². The molecular weight excluding hydrogens is 417 g/mol. The predicted molar refractivity (Wildman–Crippen MR) is 107 cm³/mol. The number of nitrogens with zero attached hydrogens (tertiary/aromatic N) is 3. The van der Waals surface area contributed by atoms with E-state index in [2.05, 4.69) is 20.0 Å². The fourth-order valence-corrected chi connectivity index (χ4v) is 3.66. The Morgan fingerprint density at radius 2 is 1.87 bits per heavy atom. The lowest BCUT2D eigenvalue weighted by Gasteiger charge is -2.25. The van der Waals surface area contributed by atoms with Crippen molar-refractivity contribution >= 4 is 17.5 Å². The highest BCUT2D eigenvalue weighted by atomic mass is 19.4. The average Bonchev–Trinajstić information content (AvgIpc) is 2.67. The summed E-state index contributed by atoms with van der Waals surface area (Å²) < 4.78 is 41.8. The maximum atomic E-state index is 12.6. The van der Waals surface area contributed by atoms with Crippen molar-refractivity contribution in [1.29, 1.82) is 0 Å². The zero-order valence-corrected chi connectivity index (χ0v) is 16.6. The van der Waals surface area contributed by atoms with Gasteiger partial charge in [-0.05, 0) is 44.1 Å². The summed E-state index contributed by atoms with van der Waals surface area (Å²) in [5.41, 5.74) is 11.8. The molecule has 1 fully saturated rings. The zero-order valence-electron chi connectivity index (χ0n) is 16.6. The first-order valence-corrected chi connectivity index (χ1v) is 9.76. The van der Waals surface area contributed by atoms with Crippen molar-refractivity contribution in [2.24, 2.45) is 11.7 Å². The molecule has 0 amide bonds. The van der Waals surface area contributed by atoms with Crippen LogP contribution in [-0.4, -0.2) is 27.3 Å². The number of benzene rings is 1. The zero-order chi connectivity index (χ0) is 22.6. The van der Waals surface area contributed by atoms with E-state index in [1.165, 1.54) is 18.2 Å². The van der Waals surface area contributed by atoms with Crippen LogP contribution in [0.25, 0.3) is 0 Å². The van der Waals surface area contributed by atoms with Gasteiger partial charge in [-0.25, -0.2) is 4.98 Å². The molecule has 0 radical (unpaired) electrons. The molecule has 0 bridgehead atoms. The molecule has 1 saturated carbocycles. The minimum Gasteiger partial charge on any atom is -0.405 e. The number of para-hydroxylation sites is 1. The van der Waals surface area contributed by atoms with Crippen LogP contribution in [0.2, 0.25) is 0 Å². The summed E-state index contributed by atoms with van der Waals surface area (Å²) in [5, 5.41) is 14.3. The highest BCUT2D eigenvalue weighted by Crippen LogP contribution is 2.32. The topological polar surface area (TPSA) is 142 Å². The van der Waals surface area contributed by atoms with Crippen LogP contribution in [0.3, 0.4) is 0 Å². The maximum Gasteiger partial charge on any atom is 0.573 e. The van der Waals surface area contributed by atoms with Crippen molar-refractivity contribution in [3.63, 3.8) is 0 Å². The van der Waals surface area contributed by atoms with E-state index < -0.39 is 11.3 Å². The number of nitrogens with two attached hydrogens (primary N) is 2. The van der Waals surface area contributed by atoms with Crippen molar-refractivity contribution in [2.45, 2.75) is 51.1 Å². The lowest BCUT2D eigenvalue weighted by Crippen LogP contribution is -2.27. The Balaban J connectivity index is 1.79. The van der Waals surface area contributed by atoms with E-state index in [0.29, 0.717) is 6.42 Å². The molecule has 1 aromatic heterocycles. The molecule has 0 saturated heterocycles. The van der Waals surface area contributed by atoms with E-state index >= 15 is 0 Å². The number of alkyl halides is 3. The van der Waals surface area contributed by atoms with E-state index in [1.54, 1.807) is 6.07 Å². The number of ether oxygens (including phenoxy) is 1. The van der Waals surface area contributed by atoms with Crippen LogP contribution in [-0.2, 0) is 13.0 Å². The molecule has 0 unspecified atom stereocenters. The highest BCUT2D eigenvalue weighted by molar-refractivity contribution is 5.58. The quantitative estimate of drug-likeness (QED) is 0.438. The number of aromatic nitrogens is 2. The Bertz CT molecular complexity index is 933. The van der Waals surface area contributed by atoms with Crippen molar-refractivity contribution in [3.8, 4) is 5.75 Å². The summed E-state index contributed by atoms with van der Waals surface area (Å²) in [6.45, 7) is -0.0960. The molecule has 1 aliphatic carbocycles. The van der Waals surface area contributed by atoms with Crippen LogP contribution < -0.4 is 21.5 Å². The molecule has 0 aliphatic heterocycles. The van der Waals surface area contributed by atoms with E-state index in [9.17, 15) is 23.3 Å². The van der Waals surface area contributed by atoms with E-state index in [1.807, 2.05) is 0 Å². The van der Waals surface area contributed by atoms with Crippen molar-refractivity contribution in [1.82, 2.24) is 9.97 Å². The minimum absolute atomic E-state index is 0.00702. The first kappa shape index (κ1) is 22.5. The third-order valence-corrected chi connectivity index (χ3v) is 5.17. The van der Waals surface area contributed by atoms with Crippen molar-refractivity contribution in [3.05, 3.63) is 45.6 Å². The molecular formula is C19H23F3N6O3. The van der Waals surface area contributed by atoms with E-state index in [0.717, 1.165) is 25.7 Å². The highest BCUT2D eigenvalue weighted by Gasteiger charge is 2.32. The standard InChI is InChI=1S/C19H23F3N6O3/c20-19(21,22)31-15-4-2-1-3-12(15)10-25-18-26-14(16(28(29)30)17(24)27-18)9-11-5-7-13(23)8-6-11/h1-4,11,13H,5-10,23H2,(H3,24,25,26,27)/t11-,13+. The van der Waals surface area contributed by atoms with Crippen LogP contribution in [0.1, 0.15) is 36.9 Å². The summed E-state index contributed by atoms with van der Waals surface area (Å²) >= 11 is 0. The first-order chi connectivity index (χ1) is 14.6. The third kappa shape index (κ3) is 6.17. The Morgan fingerprint density at radius 3 is 2.52 bits per heavy atom. The van der Waals surface area contributed by atoms with Gasteiger partial charge in [0.1, 0.15) is 11.4 Å². The lowest BCUT2D eigenvalue weighted by molar-refractivity contribution is -0.385. The average molecular weight is 440 g/mol. The number of nitrogen functional groups attached to an aromatic ring is 1. The number of halogens is 3. The first-order valence-electron chi connectivity index (χ1n) is 9.76. The molecule has 1 heterocycles. The number of nitro groups is 1. The van der Waals surface area contributed by atoms with Crippen LogP contribution in [0.4, 0.5) is 30.6 Å². The van der Waals surface area contributed by atoms with Crippen LogP contribution in [0.5, 0.6) is 5.75 Å². The van der Waals surface area contributed by atoms with Gasteiger partial charge in [-0.3, -0.25) is 10.1 Å². The molecule has 12 heteroatoms. The number of rotatable bonds is 7. The minimum atomic E-state index is -4.83. The smallest absolute Gasteiger partial charge is 0.405 e. The maximum absolute atomic E-state index is 12.6. The van der Waals surface area contributed by atoms with Crippen LogP contribution >= 0.6 is 0 Å². The van der Waals surface area contributed by atoms with Crippen molar-refractivity contribution in [2.75, 3.05) is 11.1 Å². The third-order valence-electron chi connectivity index (χ3n) is 5.17. The molecule has 5 N–H and O–H groups in total. The number of hydrogen-bond acceptors (Lipinski definition) is 8. The van der Waals surface area contributed by atoms with E-state index in [4.69, 9.17) is 11.5 Å². The fraction of sp³-hybridized carbons (Fsp3) is 0.474. The molecule has 3 rings (SSSR count). The normalized spacial score (nSPS) is 19.1. The number of hydrogen-bond donors (Lipinski definition) is 3. The van der Waals surface area contributed by atoms with Gasteiger partial charge in [-0.1, -0.05) is 18.2 Å². The Kier molecular flexibility index (Phi) is 6.78. The summed E-state index contributed by atoms with van der Waals surface area (Å²) in [6.07, 6.45) is -1.17. The second-order valence-electron chi connectivity index (χ2n) is 7.48. The van der Waals surface area contributed by atoms with E-state index in [-0.39, 0.29) is 53.0 Å². The Morgan fingerprint density at radius 1 is 1.19 bits per heavy atom. The van der Waals surface area contributed by atoms with Gasteiger partial charge in [0.05, 0.1) is 4.92 Å². The van der Waals surface area contributed by atoms with Gasteiger partial charge in [-0.15, -0.1) is 13.2 Å². The fourth-order valence-electron chi connectivity index (χ4n) is 3.66. The van der Waals surface area contributed by atoms with Crippen LogP contribution in [0, 0.1) is 16.0 Å². The molecule has 9 nitrogen and oxygen atoms in total. The molecule has 0 atom stereocenters. The predicted octanol–water partition coefficient (Wildman–Crippen LogP) is 3.54. The lowest BCUT2D eigenvalue weighted by atomic mass is 9.83. The Labute approximate surface area is 176 Å². The van der Waals surface area contributed by atoms with Crippen LogP contribution in [0.15, 0.2) is 24.3 Å². The molecule has 168 valence electrons. The SMILES string of the molecule is Nc1nc(NCc2ccccc2OC(F)(F)F)nc(C[C@H]2CC[C@@H](N)CC2)c1[N+](=O)[O-]. The molecule has 1 aromatic carbocycles. The summed E-state index contributed by atoms with van der Waals surface area (Å²) in [7, 11) is 0. The summed E-state index contributed by atoms with van der Waals surface area (Å²) in [4.78, 5) is 19.0. The molecule has 1 aliphatic rings. The molecule has 2 aromatic rings. The second-order valence-corrected chi connectivity index (χ2v) is 7.48. The van der Waals surface area contributed by atoms with Gasteiger partial charge in [0.2, 0.25) is 11.8 Å². The largest absolute Gasteiger partial charge is 0.573 e. The van der Waals surface area contributed by atoms with Crippen molar-refractivity contribution < 1.29 is 22.8 Å². The summed E-state index contributed by atoms with van der Waals surface area (Å²) in [5.74, 6) is -0.491. The van der Waals surface area contributed by atoms with Gasteiger partial charge in [-0.2, -0.15) is 4.98 Å². The van der Waals surface area contributed by atoms with Gasteiger partial charge in [0.25, 0.3) is 0 Å². The Hall–Kier alpha value is -3.15. The number of nitrogens with one attached hydrogen (secondary N) is 1. The molecule has 31 heavy (non-hydrogen) atoms. The summed E-state index contributed by atoms with van der Waals surface area (Å²) in [6, 6.07) is 5.76. The monoisotopic (exact) mass is 440 g/mol.